The highest BCUT2D eigenvalue weighted by Crippen LogP contribution is 2.21. The fourth-order valence-corrected chi connectivity index (χ4v) is 2.61. The summed E-state index contributed by atoms with van der Waals surface area (Å²) in [7, 11) is -0.889. The summed E-state index contributed by atoms with van der Waals surface area (Å²) in [6.45, 7) is 0.594. The summed E-state index contributed by atoms with van der Waals surface area (Å²) in [4.78, 5) is 2.08. The zero-order chi connectivity index (χ0) is 10.8. The third-order valence-corrected chi connectivity index (χ3v) is 3.84. The SMILES string of the molecule is CN(CCS(C)(=O)=O)C1CCCC1N. The molecule has 5 heteroatoms. The molecule has 0 aromatic rings. The molecule has 0 bridgehead atoms. The minimum Gasteiger partial charge on any atom is -0.326 e. The third-order valence-electron chi connectivity index (χ3n) is 2.91. The van der Waals surface area contributed by atoms with Gasteiger partial charge in [-0.25, -0.2) is 8.42 Å². The van der Waals surface area contributed by atoms with Gasteiger partial charge >= 0.3 is 0 Å². The molecule has 0 aromatic carbocycles. The van der Waals surface area contributed by atoms with Crippen LogP contribution in [0.4, 0.5) is 0 Å². The zero-order valence-electron chi connectivity index (χ0n) is 8.94. The summed E-state index contributed by atoms with van der Waals surface area (Å²) >= 11 is 0. The molecule has 1 fully saturated rings. The van der Waals surface area contributed by atoms with Gasteiger partial charge in [0.15, 0.2) is 0 Å². The predicted octanol–water partition coefficient (Wildman–Crippen LogP) is -0.157. The zero-order valence-corrected chi connectivity index (χ0v) is 9.76. The van der Waals surface area contributed by atoms with E-state index in [0.29, 0.717) is 12.6 Å². The average molecular weight is 220 g/mol. The molecule has 0 aliphatic heterocycles. The second-order valence-corrected chi connectivity index (χ2v) is 6.53. The van der Waals surface area contributed by atoms with E-state index >= 15 is 0 Å². The van der Waals surface area contributed by atoms with Gasteiger partial charge in [0.2, 0.25) is 0 Å². The van der Waals surface area contributed by atoms with Crippen molar-refractivity contribution in [3.8, 4) is 0 Å². The van der Waals surface area contributed by atoms with E-state index in [0.717, 1.165) is 19.3 Å². The highest BCUT2D eigenvalue weighted by molar-refractivity contribution is 7.90. The maximum atomic E-state index is 11.0. The lowest BCUT2D eigenvalue weighted by molar-refractivity contribution is 0.241. The van der Waals surface area contributed by atoms with Gasteiger partial charge in [0.05, 0.1) is 5.75 Å². The summed E-state index contributed by atoms with van der Waals surface area (Å²) in [6, 6.07) is 0.594. The van der Waals surface area contributed by atoms with Crippen LogP contribution in [0.2, 0.25) is 0 Å². The lowest BCUT2D eigenvalue weighted by atomic mass is 10.1. The van der Waals surface area contributed by atoms with E-state index < -0.39 is 9.84 Å². The smallest absolute Gasteiger partial charge is 0.148 e. The van der Waals surface area contributed by atoms with E-state index in [1.165, 1.54) is 6.26 Å². The van der Waals surface area contributed by atoms with E-state index in [1.54, 1.807) is 0 Å². The van der Waals surface area contributed by atoms with Gasteiger partial charge in [-0.15, -0.1) is 0 Å². The van der Waals surface area contributed by atoms with Gasteiger partial charge < -0.3 is 10.6 Å². The molecule has 1 rings (SSSR count). The molecule has 2 unspecified atom stereocenters. The first-order valence-corrected chi connectivity index (χ1v) is 7.10. The minimum atomic E-state index is -2.85. The molecule has 2 atom stereocenters. The predicted molar refractivity (Wildman–Crippen MR) is 58.0 cm³/mol. The van der Waals surface area contributed by atoms with E-state index in [9.17, 15) is 8.42 Å². The first-order valence-electron chi connectivity index (χ1n) is 5.04. The van der Waals surface area contributed by atoms with Gasteiger partial charge in [-0.05, 0) is 19.9 Å². The highest BCUT2D eigenvalue weighted by atomic mass is 32.2. The Hall–Kier alpha value is -0.130. The van der Waals surface area contributed by atoms with Crippen molar-refractivity contribution in [1.29, 1.82) is 0 Å². The Labute approximate surface area is 86.4 Å². The molecule has 0 aromatic heterocycles. The first-order chi connectivity index (χ1) is 6.40. The first kappa shape index (κ1) is 11.9. The van der Waals surface area contributed by atoms with Gasteiger partial charge in [-0.3, -0.25) is 0 Å². The van der Waals surface area contributed by atoms with Crippen molar-refractivity contribution in [3.63, 3.8) is 0 Å². The van der Waals surface area contributed by atoms with Gasteiger partial charge in [-0.1, -0.05) is 6.42 Å². The van der Waals surface area contributed by atoms with Crippen LogP contribution >= 0.6 is 0 Å². The summed E-state index contributed by atoms with van der Waals surface area (Å²) in [6.07, 6.45) is 4.60. The van der Waals surface area contributed by atoms with Crippen molar-refractivity contribution in [2.45, 2.75) is 31.3 Å². The molecule has 0 heterocycles. The molecule has 0 amide bonds. The van der Waals surface area contributed by atoms with Crippen molar-refractivity contribution < 1.29 is 8.42 Å². The molecule has 1 saturated carbocycles. The molecular formula is C9H20N2O2S. The van der Waals surface area contributed by atoms with Crippen LogP contribution in [0, 0.1) is 0 Å². The molecule has 84 valence electrons. The number of nitrogens with zero attached hydrogens (tertiary/aromatic N) is 1. The van der Waals surface area contributed by atoms with Crippen LogP contribution in [0.1, 0.15) is 19.3 Å². The Balaban J connectivity index is 2.38. The Kier molecular flexibility index (Phi) is 3.92. The van der Waals surface area contributed by atoms with Crippen molar-refractivity contribution >= 4 is 9.84 Å². The molecule has 0 radical (unpaired) electrons. The van der Waals surface area contributed by atoms with E-state index in [4.69, 9.17) is 5.73 Å². The highest BCUT2D eigenvalue weighted by Gasteiger charge is 2.27. The van der Waals surface area contributed by atoms with E-state index in [1.807, 2.05) is 7.05 Å². The Morgan fingerprint density at radius 3 is 2.50 bits per heavy atom. The maximum Gasteiger partial charge on any atom is 0.148 e. The quantitative estimate of drug-likeness (QED) is 0.715. The number of nitrogens with two attached hydrogens (primary N) is 1. The second-order valence-electron chi connectivity index (χ2n) is 4.27. The summed E-state index contributed by atoms with van der Waals surface area (Å²) in [5.74, 6) is 0.229. The van der Waals surface area contributed by atoms with Crippen molar-refractivity contribution in [1.82, 2.24) is 4.90 Å². The number of hydrogen-bond donors (Lipinski definition) is 1. The van der Waals surface area contributed by atoms with E-state index in [2.05, 4.69) is 4.90 Å². The average Bonchev–Trinajstić information content (AvgIpc) is 2.46. The number of likely N-dealkylation sites (N-methyl/N-ethyl adjacent to an activating group) is 1. The number of hydrogen-bond acceptors (Lipinski definition) is 4. The minimum absolute atomic E-state index is 0.222. The van der Waals surface area contributed by atoms with E-state index in [-0.39, 0.29) is 11.8 Å². The van der Waals surface area contributed by atoms with Crippen LogP contribution < -0.4 is 5.73 Å². The Morgan fingerprint density at radius 1 is 1.43 bits per heavy atom. The summed E-state index contributed by atoms with van der Waals surface area (Å²) in [5, 5.41) is 0. The fraction of sp³-hybridized carbons (Fsp3) is 1.00. The molecule has 1 aliphatic rings. The fourth-order valence-electron chi connectivity index (χ4n) is 1.99. The monoisotopic (exact) mass is 220 g/mol. The number of sulfone groups is 1. The van der Waals surface area contributed by atoms with Crippen LogP contribution in [0.15, 0.2) is 0 Å². The number of rotatable bonds is 4. The van der Waals surface area contributed by atoms with Crippen molar-refractivity contribution in [2.75, 3.05) is 25.6 Å². The molecule has 14 heavy (non-hydrogen) atoms. The van der Waals surface area contributed by atoms with Crippen LogP contribution in [-0.2, 0) is 9.84 Å². The van der Waals surface area contributed by atoms with Crippen LogP contribution in [0.3, 0.4) is 0 Å². The summed E-state index contributed by atoms with van der Waals surface area (Å²) < 4.78 is 21.9. The maximum absolute atomic E-state index is 11.0. The molecule has 1 aliphatic carbocycles. The molecule has 0 saturated heterocycles. The summed E-state index contributed by atoms with van der Waals surface area (Å²) in [5.41, 5.74) is 5.93. The molecule has 0 spiro atoms. The molecular weight excluding hydrogens is 200 g/mol. The van der Waals surface area contributed by atoms with Gasteiger partial charge in [0.25, 0.3) is 0 Å². The van der Waals surface area contributed by atoms with Crippen molar-refractivity contribution in [2.24, 2.45) is 5.73 Å². The van der Waals surface area contributed by atoms with Crippen molar-refractivity contribution in [3.05, 3.63) is 0 Å². The second kappa shape index (κ2) is 4.59. The standard InChI is InChI=1S/C9H20N2O2S/c1-11(6-7-14(2,12)13)9-5-3-4-8(9)10/h8-9H,3-7,10H2,1-2H3. The van der Waals surface area contributed by atoms with Crippen LogP contribution in [0.25, 0.3) is 0 Å². The largest absolute Gasteiger partial charge is 0.326 e. The lowest BCUT2D eigenvalue weighted by Gasteiger charge is -2.27. The van der Waals surface area contributed by atoms with Gasteiger partial charge in [-0.2, -0.15) is 0 Å². The third kappa shape index (κ3) is 3.55. The Morgan fingerprint density at radius 2 is 2.07 bits per heavy atom. The lowest BCUT2D eigenvalue weighted by Crippen LogP contribution is -2.43. The van der Waals surface area contributed by atoms with Gasteiger partial charge in [0, 0.05) is 24.9 Å². The topological polar surface area (TPSA) is 63.4 Å². The van der Waals surface area contributed by atoms with Gasteiger partial charge in [0.1, 0.15) is 9.84 Å². The Bertz CT molecular complexity index is 277. The van der Waals surface area contributed by atoms with Crippen LogP contribution in [-0.4, -0.2) is 51.0 Å². The molecule has 2 N–H and O–H groups in total. The molecule has 4 nitrogen and oxygen atoms in total. The normalized spacial score (nSPS) is 28.6. The van der Waals surface area contributed by atoms with Crippen LogP contribution in [0.5, 0.6) is 0 Å².